The second-order valence-electron chi connectivity index (χ2n) is 2.30. The summed E-state index contributed by atoms with van der Waals surface area (Å²) < 4.78 is 4.16. The van der Waals surface area contributed by atoms with Gasteiger partial charge in [-0.15, -0.1) is 0 Å². The highest BCUT2D eigenvalue weighted by molar-refractivity contribution is 7.75. The SMILES string of the molecule is N[C@@H](Cc1cnc[nH]1)C(=O)OS. The van der Waals surface area contributed by atoms with Crippen molar-refractivity contribution in [2.75, 3.05) is 0 Å². The van der Waals surface area contributed by atoms with E-state index >= 15 is 0 Å². The van der Waals surface area contributed by atoms with Gasteiger partial charge in [0.2, 0.25) is 0 Å². The van der Waals surface area contributed by atoms with Crippen LogP contribution < -0.4 is 5.73 Å². The molecule has 1 atom stereocenters. The van der Waals surface area contributed by atoms with Crippen LogP contribution in [0.25, 0.3) is 0 Å². The molecule has 1 rings (SSSR count). The third-order valence-corrected chi connectivity index (χ3v) is 1.57. The van der Waals surface area contributed by atoms with Gasteiger partial charge in [0.1, 0.15) is 6.04 Å². The molecule has 0 aliphatic carbocycles. The van der Waals surface area contributed by atoms with Gasteiger partial charge in [-0.25, -0.2) is 9.78 Å². The maximum atomic E-state index is 10.8. The molecule has 0 amide bonds. The summed E-state index contributed by atoms with van der Waals surface area (Å²) in [6, 6.07) is -0.692. The maximum Gasteiger partial charge on any atom is 0.335 e. The van der Waals surface area contributed by atoms with Crippen molar-refractivity contribution in [3.8, 4) is 0 Å². The average molecular weight is 187 g/mol. The summed E-state index contributed by atoms with van der Waals surface area (Å²) in [6.07, 6.45) is 3.50. The topological polar surface area (TPSA) is 81.0 Å². The summed E-state index contributed by atoms with van der Waals surface area (Å²) >= 11 is 3.35. The molecule has 0 saturated carbocycles. The van der Waals surface area contributed by atoms with Crippen molar-refractivity contribution in [1.29, 1.82) is 0 Å². The number of thiol groups is 1. The number of nitrogens with zero attached hydrogens (tertiary/aromatic N) is 1. The fourth-order valence-corrected chi connectivity index (χ4v) is 0.920. The molecule has 0 fully saturated rings. The Morgan fingerprint density at radius 2 is 2.67 bits per heavy atom. The van der Waals surface area contributed by atoms with Crippen LogP contribution in [0.2, 0.25) is 0 Å². The Kier molecular flexibility index (Phi) is 3.12. The zero-order chi connectivity index (χ0) is 8.97. The van der Waals surface area contributed by atoms with E-state index in [1.165, 1.54) is 6.33 Å². The number of hydrogen-bond acceptors (Lipinski definition) is 5. The minimum absolute atomic E-state index is 0.374. The van der Waals surface area contributed by atoms with Crippen LogP contribution in [0.1, 0.15) is 5.69 Å². The Morgan fingerprint density at radius 3 is 3.17 bits per heavy atom. The van der Waals surface area contributed by atoms with Gasteiger partial charge in [0.05, 0.1) is 6.33 Å². The minimum Gasteiger partial charge on any atom is -0.393 e. The van der Waals surface area contributed by atoms with Crippen LogP contribution in [0.15, 0.2) is 12.5 Å². The van der Waals surface area contributed by atoms with Gasteiger partial charge in [-0.3, -0.25) is 0 Å². The van der Waals surface area contributed by atoms with Gasteiger partial charge >= 0.3 is 5.97 Å². The van der Waals surface area contributed by atoms with Crippen molar-refractivity contribution in [3.63, 3.8) is 0 Å². The van der Waals surface area contributed by atoms with Gasteiger partial charge < -0.3 is 14.9 Å². The first kappa shape index (κ1) is 9.08. The van der Waals surface area contributed by atoms with E-state index in [2.05, 4.69) is 27.1 Å². The maximum absolute atomic E-state index is 10.8. The number of carbonyl (C=O) groups excluding carboxylic acids is 1. The number of nitrogens with two attached hydrogens (primary N) is 1. The third kappa shape index (κ3) is 2.24. The molecule has 0 radical (unpaired) electrons. The Bertz CT molecular complexity index is 249. The van der Waals surface area contributed by atoms with Crippen LogP contribution in [0, 0.1) is 0 Å². The lowest BCUT2D eigenvalue weighted by molar-refractivity contribution is -0.134. The molecule has 1 aromatic heterocycles. The number of aromatic nitrogens is 2. The lowest BCUT2D eigenvalue weighted by Gasteiger charge is -2.05. The quantitative estimate of drug-likeness (QED) is 0.447. The number of carbonyl (C=O) groups is 1. The molecule has 1 aromatic rings. The lowest BCUT2D eigenvalue weighted by atomic mass is 10.2. The van der Waals surface area contributed by atoms with E-state index in [-0.39, 0.29) is 0 Å². The fraction of sp³-hybridized carbons (Fsp3) is 0.333. The number of imidazole rings is 1. The molecule has 66 valence electrons. The van der Waals surface area contributed by atoms with E-state index in [1.54, 1.807) is 6.20 Å². The number of nitrogens with one attached hydrogen (secondary N) is 1. The number of hydrogen-bond donors (Lipinski definition) is 3. The molecule has 5 nitrogen and oxygen atoms in total. The van der Waals surface area contributed by atoms with E-state index in [9.17, 15) is 4.79 Å². The van der Waals surface area contributed by atoms with Gasteiger partial charge in [0, 0.05) is 31.2 Å². The highest BCUT2D eigenvalue weighted by Gasteiger charge is 2.14. The molecule has 0 aliphatic heterocycles. The van der Waals surface area contributed by atoms with E-state index in [1.807, 2.05) is 0 Å². The van der Waals surface area contributed by atoms with Crippen molar-refractivity contribution >= 4 is 18.9 Å². The highest BCUT2D eigenvalue weighted by Crippen LogP contribution is 1.98. The second-order valence-corrected chi connectivity index (χ2v) is 2.48. The molecule has 3 N–H and O–H groups in total. The molecule has 0 aromatic carbocycles. The minimum atomic E-state index is -0.692. The van der Waals surface area contributed by atoms with E-state index in [0.29, 0.717) is 6.42 Å². The first-order valence-electron chi connectivity index (χ1n) is 3.32. The molecular formula is C6H9N3O2S. The molecule has 12 heavy (non-hydrogen) atoms. The normalized spacial score (nSPS) is 12.5. The van der Waals surface area contributed by atoms with Gasteiger partial charge in [0.25, 0.3) is 0 Å². The number of rotatable bonds is 3. The smallest absolute Gasteiger partial charge is 0.335 e. The summed E-state index contributed by atoms with van der Waals surface area (Å²) in [5, 5.41) is 0. The Morgan fingerprint density at radius 1 is 1.92 bits per heavy atom. The Labute approximate surface area is 74.9 Å². The standard InChI is InChI=1S/C6H9N3O2S/c7-5(6(10)11-12)1-4-2-8-3-9-4/h2-3,5,12H,1,7H2,(H,8,9)/t5-/m0/s1. The van der Waals surface area contributed by atoms with Crippen LogP contribution >= 0.6 is 12.9 Å². The lowest BCUT2D eigenvalue weighted by Crippen LogP contribution is -2.32. The molecule has 0 bridgehead atoms. The van der Waals surface area contributed by atoms with Crippen molar-refractivity contribution < 1.29 is 8.98 Å². The zero-order valence-electron chi connectivity index (χ0n) is 6.23. The highest BCUT2D eigenvalue weighted by atomic mass is 32.1. The molecule has 0 saturated heterocycles. The van der Waals surface area contributed by atoms with Crippen LogP contribution in [0.5, 0.6) is 0 Å². The van der Waals surface area contributed by atoms with Crippen molar-refractivity contribution in [3.05, 3.63) is 18.2 Å². The van der Waals surface area contributed by atoms with Crippen LogP contribution in [-0.4, -0.2) is 22.0 Å². The first-order valence-corrected chi connectivity index (χ1v) is 3.68. The third-order valence-electron chi connectivity index (χ3n) is 1.39. The molecule has 0 unspecified atom stereocenters. The van der Waals surface area contributed by atoms with Crippen molar-refractivity contribution in [2.45, 2.75) is 12.5 Å². The molecule has 0 spiro atoms. The summed E-state index contributed by atoms with van der Waals surface area (Å²) in [4.78, 5) is 17.4. The largest absolute Gasteiger partial charge is 0.393 e. The number of H-pyrrole nitrogens is 1. The molecular weight excluding hydrogens is 178 g/mol. The molecule has 6 heteroatoms. The van der Waals surface area contributed by atoms with E-state index in [4.69, 9.17) is 5.73 Å². The molecule has 1 heterocycles. The molecule has 0 aliphatic rings. The number of aromatic amines is 1. The van der Waals surface area contributed by atoms with E-state index < -0.39 is 12.0 Å². The van der Waals surface area contributed by atoms with E-state index in [0.717, 1.165) is 5.69 Å². The zero-order valence-corrected chi connectivity index (χ0v) is 7.12. The van der Waals surface area contributed by atoms with Gasteiger partial charge in [0.15, 0.2) is 0 Å². The van der Waals surface area contributed by atoms with Gasteiger partial charge in [-0.05, 0) is 0 Å². The van der Waals surface area contributed by atoms with Gasteiger partial charge in [-0.2, -0.15) is 0 Å². The average Bonchev–Trinajstić information content (AvgIpc) is 2.55. The Hall–Kier alpha value is -1.01. The first-order chi connectivity index (χ1) is 5.74. The summed E-state index contributed by atoms with van der Waals surface area (Å²) in [5.74, 6) is -0.548. The Balaban J connectivity index is 2.47. The van der Waals surface area contributed by atoms with Crippen LogP contribution in [-0.2, 0) is 15.4 Å². The monoisotopic (exact) mass is 187 g/mol. The fourth-order valence-electron chi connectivity index (χ4n) is 0.784. The van der Waals surface area contributed by atoms with Crippen LogP contribution in [0.4, 0.5) is 0 Å². The van der Waals surface area contributed by atoms with Crippen molar-refractivity contribution in [2.24, 2.45) is 5.73 Å². The predicted octanol–water partition coefficient (Wildman–Crippen LogP) is -0.333. The van der Waals surface area contributed by atoms with Gasteiger partial charge in [-0.1, -0.05) is 0 Å². The predicted molar refractivity (Wildman–Crippen MR) is 45.3 cm³/mol. The summed E-state index contributed by atoms with van der Waals surface area (Å²) in [5.41, 5.74) is 6.24. The van der Waals surface area contributed by atoms with Crippen LogP contribution in [0.3, 0.4) is 0 Å². The van der Waals surface area contributed by atoms with Crippen molar-refractivity contribution in [1.82, 2.24) is 9.97 Å². The summed E-state index contributed by atoms with van der Waals surface area (Å²) in [7, 11) is 0. The second kappa shape index (κ2) is 4.13. The summed E-state index contributed by atoms with van der Waals surface area (Å²) in [6.45, 7) is 0.